The minimum Gasteiger partial charge on any atom is -0.300 e. The first kappa shape index (κ1) is 12.4. The summed E-state index contributed by atoms with van der Waals surface area (Å²) in [5.74, 6) is 1.67. The first-order valence-corrected chi connectivity index (χ1v) is 5.18. The topological polar surface area (TPSA) is 17.1 Å². The average Bonchev–Trinajstić information content (AvgIpc) is 2.03. The molecule has 0 spiro atoms. The lowest BCUT2D eigenvalue weighted by Gasteiger charge is -2.19. The number of carbonyl (C=O) groups excluding carboxylic acids is 1. The maximum absolute atomic E-state index is 10.8. The highest BCUT2D eigenvalue weighted by molar-refractivity contribution is 5.75. The van der Waals surface area contributed by atoms with Crippen LogP contribution in [0.1, 0.15) is 46.5 Å². The molecular formula is C12H22O. The minimum absolute atomic E-state index is 0.309. The zero-order chi connectivity index (χ0) is 10.3. The largest absolute Gasteiger partial charge is 0.300 e. The Bertz CT molecular complexity index is 159. The maximum atomic E-state index is 10.8. The SMILES string of the molecule is C=CCCC(CCC(C)=O)C(C)C. The highest BCUT2D eigenvalue weighted by atomic mass is 16.1. The molecule has 0 bridgehead atoms. The summed E-state index contributed by atoms with van der Waals surface area (Å²) in [6.07, 6.45) is 5.99. The van der Waals surface area contributed by atoms with E-state index in [4.69, 9.17) is 0 Å². The zero-order valence-electron chi connectivity index (χ0n) is 9.18. The third-order valence-corrected chi connectivity index (χ3v) is 2.55. The number of Topliss-reactive ketones (excluding diaryl/α,β-unsaturated/α-hetero) is 1. The number of hydrogen-bond acceptors (Lipinski definition) is 1. The predicted molar refractivity (Wildman–Crippen MR) is 57.7 cm³/mol. The van der Waals surface area contributed by atoms with Gasteiger partial charge in [0.15, 0.2) is 0 Å². The van der Waals surface area contributed by atoms with Gasteiger partial charge in [-0.15, -0.1) is 6.58 Å². The molecule has 76 valence electrons. The van der Waals surface area contributed by atoms with Crippen molar-refractivity contribution in [2.75, 3.05) is 0 Å². The van der Waals surface area contributed by atoms with Gasteiger partial charge in [0, 0.05) is 6.42 Å². The molecule has 0 saturated carbocycles. The lowest BCUT2D eigenvalue weighted by Crippen LogP contribution is -2.10. The Morgan fingerprint density at radius 3 is 2.38 bits per heavy atom. The Kier molecular flexibility index (Phi) is 6.56. The van der Waals surface area contributed by atoms with E-state index in [1.54, 1.807) is 6.92 Å². The van der Waals surface area contributed by atoms with Crippen molar-refractivity contribution in [1.29, 1.82) is 0 Å². The number of carbonyl (C=O) groups is 1. The average molecular weight is 182 g/mol. The molecule has 13 heavy (non-hydrogen) atoms. The molecule has 1 unspecified atom stereocenters. The Hall–Kier alpha value is -0.590. The smallest absolute Gasteiger partial charge is 0.129 e. The van der Waals surface area contributed by atoms with Crippen molar-refractivity contribution in [3.63, 3.8) is 0 Å². The van der Waals surface area contributed by atoms with Crippen LogP contribution in [-0.2, 0) is 4.79 Å². The first-order chi connectivity index (χ1) is 6.07. The Balaban J connectivity index is 3.79. The van der Waals surface area contributed by atoms with Gasteiger partial charge in [0.25, 0.3) is 0 Å². The van der Waals surface area contributed by atoms with E-state index in [1.165, 1.54) is 6.42 Å². The van der Waals surface area contributed by atoms with E-state index in [1.807, 2.05) is 6.08 Å². The van der Waals surface area contributed by atoms with Crippen LogP contribution in [0.15, 0.2) is 12.7 Å². The van der Waals surface area contributed by atoms with E-state index in [2.05, 4.69) is 20.4 Å². The van der Waals surface area contributed by atoms with Gasteiger partial charge in [0.1, 0.15) is 5.78 Å². The number of rotatable bonds is 7. The first-order valence-electron chi connectivity index (χ1n) is 5.18. The van der Waals surface area contributed by atoms with Crippen molar-refractivity contribution in [3.05, 3.63) is 12.7 Å². The normalized spacial score (nSPS) is 12.9. The van der Waals surface area contributed by atoms with Gasteiger partial charge in [-0.1, -0.05) is 19.9 Å². The third kappa shape index (κ3) is 6.56. The standard InChI is InChI=1S/C12H22O/c1-5-6-7-12(10(2)3)9-8-11(4)13/h5,10,12H,1,6-9H2,2-4H3. The molecule has 0 saturated heterocycles. The van der Waals surface area contributed by atoms with Gasteiger partial charge in [0.2, 0.25) is 0 Å². The molecular weight excluding hydrogens is 160 g/mol. The van der Waals surface area contributed by atoms with Crippen LogP contribution in [0.3, 0.4) is 0 Å². The fourth-order valence-electron chi connectivity index (χ4n) is 1.53. The van der Waals surface area contributed by atoms with Crippen molar-refractivity contribution in [3.8, 4) is 0 Å². The molecule has 0 fully saturated rings. The molecule has 0 heterocycles. The van der Waals surface area contributed by atoms with Crippen LogP contribution in [0.4, 0.5) is 0 Å². The van der Waals surface area contributed by atoms with Crippen molar-refractivity contribution in [2.45, 2.75) is 46.5 Å². The lowest BCUT2D eigenvalue weighted by molar-refractivity contribution is -0.117. The number of hydrogen-bond donors (Lipinski definition) is 0. The summed E-state index contributed by atoms with van der Waals surface area (Å²) in [4.78, 5) is 10.8. The van der Waals surface area contributed by atoms with E-state index in [9.17, 15) is 4.79 Å². The second kappa shape index (κ2) is 6.88. The molecule has 0 amide bonds. The third-order valence-electron chi connectivity index (χ3n) is 2.55. The molecule has 1 nitrogen and oxygen atoms in total. The molecule has 0 aromatic rings. The summed E-state index contributed by atoms with van der Waals surface area (Å²) in [6.45, 7) is 9.85. The molecule has 0 aliphatic rings. The van der Waals surface area contributed by atoms with Crippen LogP contribution in [0.2, 0.25) is 0 Å². The Morgan fingerprint density at radius 1 is 1.38 bits per heavy atom. The van der Waals surface area contributed by atoms with Crippen LogP contribution in [0.5, 0.6) is 0 Å². The Labute approximate surface area is 82.2 Å². The molecule has 0 radical (unpaired) electrons. The van der Waals surface area contributed by atoms with Crippen molar-refractivity contribution in [1.82, 2.24) is 0 Å². The van der Waals surface area contributed by atoms with Gasteiger partial charge < -0.3 is 4.79 Å². The molecule has 0 aromatic heterocycles. The monoisotopic (exact) mass is 182 g/mol. The molecule has 0 aromatic carbocycles. The van der Waals surface area contributed by atoms with E-state index in [0.717, 1.165) is 19.3 Å². The summed E-state index contributed by atoms with van der Waals surface area (Å²) in [5, 5.41) is 0. The fraction of sp³-hybridized carbons (Fsp3) is 0.750. The van der Waals surface area contributed by atoms with Crippen LogP contribution in [-0.4, -0.2) is 5.78 Å². The minimum atomic E-state index is 0.309. The molecule has 0 aliphatic heterocycles. The highest BCUT2D eigenvalue weighted by Crippen LogP contribution is 2.22. The second-order valence-corrected chi connectivity index (χ2v) is 4.11. The second-order valence-electron chi connectivity index (χ2n) is 4.11. The fourth-order valence-corrected chi connectivity index (χ4v) is 1.53. The van der Waals surface area contributed by atoms with Crippen molar-refractivity contribution >= 4 is 5.78 Å². The van der Waals surface area contributed by atoms with Gasteiger partial charge in [-0.3, -0.25) is 0 Å². The molecule has 0 N–H and O–H groups in total. The van der Waals surface area contributed by atoms with E-state index in [0.29, 0.717) is 17.6 Å². The van der Waals surface area contributed by atoms with E-state index >= 15 is 0 Å². The molecule has 0 aliphatic carbocycles. The van der Waals surface area contributed by atoms with Crippen LogP contribution < -0.4 is 0 Å². The van der Waals surface area contributed by atoms with Gasteiger partial charge in [-0.25, -0.2) is 0 Å². The van der Waals surface area contributed by atoms with Crippen LogP contribution in [0.25, 0.3) is 0 Å². The van der Waals surface area contributed by atoms with Gasteiger partial charge >= 0.3 is 0 Å². The number of ketones is 1. The summed E-state index contributed by atoms with van der Waals surface area (Å²) in [6, 6.07) is 0. The summed E-state index contributed by atoms with van der Waals surface area (Å²) in [5.41, 5.74) is 0. The van der Waals surface area contributed by atoms with Crippen molar-refractivity contribution < 1.29 is 4.79 Å². The van der Waals surface area contributed by atoms with Crippen LogP contribution in [0, 0.1) is 11.8 Å². The zero-order valence-corrected chi connectivity index (χ0v) is 9.18. The summed E-state index contributed by atoms with van der Waals surface area (Å²) in [7, 11) is 0. The summed E-state index contributed by atoms with van der Waals surface area (Å²) >= 11 is 0. The highest BCUT2D eigenvalue weighted by Gasteiger charge is 2.12. The van der Waals surface area contributed by atoms with E-state index < -0.39 is 0 Å². The maximum Gasteiger partial charge on any atom is 0.129 e. The van der Waals surface area contributed by atoms with Gasteiger partial charge in [0.05, 0.1) is 0 Å². The van der Waals surface area contributed by atoms with Crippen molar-refractivity contribution in [2.24, 2.45) is 11.8 Å². The van der Waals surface area contributed by atoms with Gasteiger partial charge in [-0.2, -0.15) is 0 Å². The van der Waals surface area contributed by atoms with Gasteiger partial charge in [-0.05, 0) is 38.0 Å². The lowest BCUT2D eigenvalue weighted by atomic mass is 9.87. The molecule has 0 rings (SSSR count). The Morgan fingerprint density at radius 2 is 2.00 bits per heavy atom. The number of allylic oxidation sites excluding steroid dienone is 1. The van der Waals surface area contributed by atoms with Crippen LogP contribution >= 0.6 is 0 Å². The molecule has 1 heteroatoms. The quantitative estimate of drug-likeness (QED) is 0.550. The molecule has 1 atom stereocenters. The predicted octanol–water partition coefficient (Wildman–Crippen LogP) is 3.59. The van der Waals surface area contributed by atoms with E-state index in [-0.39, 0.29) is 0 Å². The summed E-state index contributed by atoms with van der Waals surface area (Å²) < 4.78 is 0.